The largest absolute Gasteiger partial charge is 0.317 e. The lowest BCUT2D eigenvalue weighted by atomic mass is 9.83. The van der Waals surface area contributed by atoms with Gasteiger partial charge < -0.3 is 10.6 Å². The molecule has 14 heavy (non-hydrogen) atoms. The molecule has 2 fully saturated rings. The van der Waals surface area contributed by atoms with Crippen molar-refractivity contribution in [3.63, 3.8) is 0 Å². The van der Waals surface area contributed by atoms with Gasteiger partial charge in [0.2, 0.25) is 0 Å². The Labute approximate surface area is 87.8 Å². The fourth-order valence-corrected chi connectivity index (χ4v) is 2.50. The Morgan fingerprint density at radius 3 is 2.71 bits per heavy atom. The molecular formula is C12H24N2. The van der Waals surface area contributed by atoms with E-state index in [9.17, 15) is 0 Å². The van der Waals surface area contributed by atoms with E-state index in [1.165, 1.54) is 64.6 Å². The van der Waals surface area contributed by atoms with Crippen LogP contribution in [0.25, 0.3) is 0 Å². The van der Waals surface area contributed by atoms with Crippen LogP contribution in [-0.2, 0) is 0 Å². The summed E-state index contributed by atoms with van der Waals surface area (Å²) < 4.78 is 0. The van der Waals surface area contributed by atoms with Crippen LogP contribution < -0.4 is 10.6 Å². The van der Waals surface area contributed by atoms with Crippen molar-refractivity contribution in [1.82, 2.24) is 10.6 Å². The molecule has 0 bridgehead atoms. The van der Waals surface area contributed by atoms with Gasteiger partial charge in [0, 0.05) is 6.04 Å². The highest BCUT2D eigenvalue weighted by molar-refractivity contribution is 4.75. The molecule has 1 heterocycles. The quantitative estimate of drug-likeness (QED) is 0.717. The second kappa shape index (κ2) is 5.72. The molecule has 2 nitrogen and oxygen atoms in total. The van der Waals surface area contributed by atoms with E-state index in [-0.39, 0.29) is 0 Å². The smallest absolute Gasteiger partial charge is 0.00796 e. The molecule has 1 saturated carbocycles. The van der Waals surface area contributed by atoms with Gasteiger partial charge in [-0.1, -0.05) is 19.3 Å². The molecule has 0 aromatic heterocycles. The summed E-state index contributed by atoms with van der Waals surface area (Å²) >= 11 is 0. The predicted molar refractivity (Wildman–Crippen MR) is 60.5 cm³/mol. The van der Waals surface area contributed by atoms with Gasteiger partial charge in [-0.3, -0.25) is 0 Å². The second-order valence-electron chi connectivity index (χ2n) is 4.92. The molecule has 0 spiro atoms. The fraction of sp³-hybridized carbons (Fsp3) is 1.00. The van der Waals surface area contributed by atoms with Crippen LogP contribution in [0.15, 0.2) is 0 Å². The molecule has 0 amide bonds. The van der Waals surface area contributed by atoms with E-state index in [2.05, 4.69) is 10.6 Å². The number of rotatable bonds is 4. The van der Waals surface area contributed by atoms with Gasteiger partial charge in [0.25, 0.3) is 0 Å². The Bertz CT molecular complexity index is 146. The minimum absolute atomic E-state index is 0.796. The molecule has 1 aliphatic carbocycles. The average Bonchev–Trinajstić information content (AvgIpc) is 2.37. The summed E-state index contributed by atoms with van der Waals surface area (Å²) in [6.45, 7) is 3.69. The highest BCUT2D eigenvalue weighted by Gasteiger charge is 2.17. The van der Waals surface area contributed by atoms with Crippen LogP contribution in [0.5, 0.6) is 0 Å². The molecule has 82 valence electrons. The summed E-state index contributed by atoms with van der Waals surface area (Å²) in [6, 6.07) is 0.796. The molecule has 1 atom stereocenters. The van der Waals surface area contributed by atoms with Gasteiger partial charge in [-0.25, -0.2) is 0 Å². The van der Waals surface area contributed by atoms with Crippen LogP contribution in [0.2, 0.25) is 0 Å². The molecule has 1 unspecified atom stereocenters. The third-order valence-corrected chi connectivity index (χ3v) is 3.79. The Kier molecular flexibility index (Phi) is 4.26. The summed E-state index contributed by atoms with van der Waals surface area (Å²) in [4.78, 5) is 0. The molecule has 0 aromatic rings. The standard InChI is InChI=1S/C12H24N2/c1-3-11(4-1)6-10-14-12-5-2-8-13-9-7-12/h11-14H,1-10H2. The predicted octanol–water partition coefficient (Wildman–Crippen LogP) is 1.91. The van der Waals surface area contributed by atoms with Crippen LogP contribution in [0.3, 0.4) is 0 Å². The van der Waals surface area contributed by atoms with Crippen molar-refractivity contribution in [3.05, 3.63) is 0 Å². The first-order chi connectivity index (χ1) is 6.95. The van der Waals surface area contributed by atoms with E-state index in [1.807, 2.05) is 0 Å². The average molecular weight is 196 g/mol. The third-order valence-electron chi connectivity index (χ3n) is 3.79. The van der Waals surface area contributed by atoms with E-state index >= 15 is 0 Å². The van der Waals surface area contributed by atoms with Gasteiger partial charge in [-0.05, 0) is 51.2 Å². The topological polar surface area (TPSA) is 24.1 Å². The third kappa shape index (κ3) is 3.25. The summed E-state index contributed by atoms with van der Waals surface area (Å²) in [6.07, 6.45) is 9.94. The summed E-state index contributed by atoms with van der Waals surface area (Å²) in [5.41, 5.74) is 0. The van der Waals surface area contributed by atoms with Crippen molar-refractivity contribution in [3.8, 4) is 0 Å². The van der Waals surface area contributed by atoms with Crippen molar-refractivity contribution in [1.29, 1.82) is 0 Å². The molecular weight excluding hydrogens is 172 g/mol. The maximum Gasteiger partial charge on any atom is 0.00796 e. The van der Waals surface area contributed by atoms with Crippen LogP contribution in [0.4, 0.5) is 0 Å². The molecule has 2 N–H and O–H groups in total. The zero-order valence-corrected chi connectivity index (χ0v) is 9.23. The monoisotopic (exact) mass is 196 g/mol. The van der Waals surface area contributed by atoms with E-state index in [1.54, 1.807) is 0 Å². The molecule has 2 heteroatoms. The molecule has 0 radical (unpaired) electrons. The molecule has 2 rings (SSSR count). The van der Waals surface area contributed by atoms with E-state index in [0.29, 0.717) is 0 Å². The van der Waals surface area contributed by atoms with Crippen molar-refractivity contribution < 1.29 is 0 Å². The van der Waals surface area contributed by atoms with Gasteiger partial charge >= 0.3 is 0 Å². The Balaban J connectivity index is 1.54. The van der Waals surface area contributed by atoms with E-state index in [4.69, 9.17) is 0 Å². The van der Waals surface area contributed by atoms with Crippen molar-refractivity contribution in [2.45, 2.75) is 51.0 Å². The lowest BCUT2D eigenvalue weighted by Crippen LogP contribution is -2.32. The minimum atomic E-state index is 0.796. The van der Waals surface area contributed by atoms with E-state index < -0.39 is 0 Å². The van der Waals surface area contributed by atoms with Gasteiger partial charge in [-0.2, -0.15) is 0 Å². The second-order valence-corrected chi connectivity index (χ2v) is 4.92. The first-order valence-corrected chi connectivity index (χ1v) is 6.39. The molecule has 1 aliphatic heterocycles. The number of hydrogen-bond acceptors (Lipinski definition) is 2. The van der Waals surface area contributed by atoms with Crippen molar-refractivity contribution >= 4 is 0 Å². The van der Waals surface area contributed by atoms with Crippen LogP contribution in [-0.4, -0.2) is 25.7 Å². The summed E-state index contributed by atoms with van der Waals surface area (Å²) in [5.74, 6) is 1.06. The Morgan fingerprint density at radius 2 is 1.93 bits per heavy atom. The maximum atomic E-state index is 3.72. The number of nitrogens with one attached hydrogen (secondary N) is 2. The summed E-state index contributed by atoms with van der Waals surface area (Å²) in [7, 11) is 0. The molecule has 0 aromatic carbocycles. The number of hydrogen-bond donors (Lipinski definition) is 2. The van der Waals surface area contributed by atoms with Crippen LogP contribution in [0, 0.1) is 5.92 Å². The fourth-order valence-electron chi connectivity index (χ4n) is 2.50. The molecule has 2 aliphatic rings. The lowest BCUT2D eigenvalue weighted by Gasteiger charge is -2.26. The Morgan fingerprint density at radius 1 is 1.00 bits per heavy atom. The van der Waals surface area contributed by atoms with Gasteiger partial charge in [0.05, 0.1) is 0 Å². The maximum absolute atomic E-state index is 3.72. The normalized spacial score (nSPS) is 29.6. The van der Waals surface area contributed by atoms with Crippen molar-refractivity contribution in [2.24, 2.45) is 5.92 Å². The zero-order chi connectivity index (χ0) is 9.64. The van der Waals surface area contributed by atoms with E-state index in [0.717, 1.165) is 12.0 Å². The van der Waals surface area contributed by atoms with Gasteiger partial charge in [0.15, 0.2) is 0 Å². The van der Waals surface area contributed by atoms with Crippen LogP contribution >= 0.6 is 0 Å². The van der Waals surface area contributed by atoms with Crippen LogP contribution in [0.1, 0.15) is 44.9 Å². The van der Waals surface area contributed by atoms with Crippen molar-refractivity contribution in [2.75, 3.05) is 19.6 Å². The lowest BCUT2D eigenvalue weighted by molar-refractivity contribution is 0.285. The van der Waals surface area contributed by atoms with Gasteiger partial charge in [0.1, 0.15) is 0 Å². The van der Waals surface area contributed by atoms with Gasteiger partial charge in [-0.15, -0.1) is 0 Å². The Hall–Kier alpha value is -0.0800. The highest BCUT2D eigenvalue weighted by atomic mass is 14.9. The summed E-state index contributed by atoms with van der Waals surface area (Å²) in [5, 5.41) is 7.18. The highest BCUT2D eigenvalue weighted by Crippen LogP contribution is 2.28. The first-order valence-electron chi connectivity index (χ1n) is 6.39. The molecule has 1 saturated heterocycles. The SMILES string of the molecule is C1CC(CCNC2CCCNCC2)C1. The first kappa shape index (κ1) is 10.4. The zero-order valence-electron chi connectivity index (χ0n) is 9.23. The minimum Gasteiger partial charge on any atom is -0.317 e.